The Labute approximate surface area is 136 Å². The average molecular weight is 328 g/mol. The standard InChI is InChI=1S/C17H26ClNOS/c1-4-19-16-10-12(2)9-13(3)17(16)21(20)11-14-7-5-6-8-15(14)18/h5-8,12-13,16-17,19H,4,9-11H2,1-3H3. The van der Waals surface area contributed by atoms with Gasteiger partial charge in [-0.2, -0.15) is 0 Å². The molecule has 0 heterocycles. The summed E-state index contributed by atoms with van der Waals surface area (Å²) in [6, 6.07) is 8.10. The SMILES string of the molecule is CCNC1CC(C)CC(C)C1S(=O)Cc1ccccc1Cl. The van der Waals surface area contributed by atoms with Crippen LogP contribution in [0.2, 0.25) is 5.02 Å². The molecule has 1 aliphatic carbocycles. The lowest BCUT2D eigenvalue weighted by Gasteiger charge is -2.39. The molecule has 118 valence electrons. The molecule has 5 unspecified atom stereocenters. The van der Waals surface area contributed by atoms with E-state index in [9.17, 15) is 4.21 Å². The van der Waals surface area contributed by atoms with E-state index in [2.05, 4.69) is 26.1 Å². The van der Waals surface area contributed by atoms with Gasteiger partial charge in [0.15, 0.2) is 0 Å². The first-order chi connectivity index (χ1) is 10.0. The third kappa shape index (κ3) is 4.30. The van der Waals surface area contributed by atoms with Gasteiger partial charge in [-0.15, -0.1) is 0 Å². The first-order valence-corrected chi connectivity index (χ1v) is 9.62. The van der Waals surface area contributed by atoms with Crippen molar-refractivity contribution in [3.05, 3.63) is 34.9 Å². The van der Waals surface area contributed by atoms with Crippen molar-refractivity contribution in [1.82, 2.24) is 5.32 Å². The normalized spacial score (nSPS) is 31.0. The quantitative estimate of drug-likeness (QED) is 0.885. The molecule has 0 radical (unpaired) electrons. The topological polar surface area (TPSA) is 29.1 Å². The Hall–Kier alpha value is -0.380. The van der Waals surface area contributed by atoms with E-state index in [1.54, 1.807) is 0 Å². The van der Waals surface area contributed by atoms with Gasteiger partial charge in [0.05, 0.1) is 11.0 Å². The summed E-state index contributed by atoms with van der Waals surface area (Å²) >= 11 is 6.21. The Morgan fingerprint density at radius 3 is 2.67 bits per heavy atom. The number of halogens is 1. The van der Waals surface area contributed by atoms with E-state index < -0.39 is 10.8 Å². The molecular formula is C17H26ClNOS. The molecule has 0 bridgehead atoms. The van der Waals surface area contributed by atoms with E-state index in [4.69, 9.17) is 11.6 Å². The lowest BCUT2D eigenvalue weighted by Crippen LogP contribution is -2.50. The molecule has 1 fully saturated rings. The molecule has 1 saturated carbocycles. The average Bonchev–Trinajstić information content (AvgIpc) is 2.41. The Morgan fingerprint density at radius 2 is 2.00 bits per heavy atom. The minimum atomic E-state index is -0.891. The number of nitrogens with one attached hydrogen (secondary N) is 1. The maximum absolute atomic E-state index is 12.9. The molecule has 0 aliphatic heterocycles. The highest BCUT2D eigenvalue weighted by molar-refractivity contribution is 7.84. The third-order valence-electron chi connectivity index (χ3n) is 4.41. The summed E-state index contributed by atoms with van der Waals surface area (Å²) in [5, 5.41) is 4.50. The predicted molar refractivity (Wildman–Crippen MR) is 92.1 cm³/mol. The van der Waals surface area contributed by atoms with Crippen LogP contribution in [0.3, 0.4) is 0 Å². The third-order valence-corrected chi connectivity index (χ3v) is 6.78. The van der Waals surface area contributed by atoms with E-state index in [0.29, 0.717) is 23.6 Å². The van der Waals surface area contributed by atoms with Crippen molar-refractivity contribution in [3.8, 4) is 0 Å². The summed E-state index contributed by atoms with van der Waals surface area (Å²) in [4.78, 5) is 0. The predicted octanol–water partition coefficient (Wildman–Crippen LogP) is 4.00. The van der Waals surface area contributed by atoms with Crippen LogP contribution in [0.4, 0.5) is 0 Å². The summed E-state index contributed by atoms with van der Waals surface area (Å²) in [5.74, 6) is 1.75. The van der Waals surface area contributed by atoms with Crippen molar-refractivity contribution in [2.45, 2.75) is 50.7 Å². The fourth-order valence-electron chi connectivity index (χ4n) is 3.60. The van der Waals surface area contributed by atoms with E-state index in [1.165, 1.54) is 6.42 Å². The van der Waals surface area contributed by atoms with Gasteiger partial charge in [0.1, 0.15) is 0 Å². The fraction of sp³-hybridized carbons (Fsp3) is 0.647. The second kappa shape index (κ2) is 7.75. The summed E-state index contributed by atoms with van der Waals surface area (Å²) in [6.45, 7) is 7.60. The molecule has 4 heteroatoms. The Kier molecular flexibility index (Phi) is 6.27. The van der Waals surface area contributed by atoms with Crippen LogP contribution >= 0.6 is 11.6 Å². The summed E-state index contributed by atoms with van der Waals surface area (Å²) in [7, 11) is -0.891. The van der Waals surface area contributed by atoms with Gasteiger partial charge in [-0.25, -0.2) is 0 Å². The Balaban J connectivity index is 2.13. The van der Waals surface area contributed by atoms with Crippen molar-refractivity contribution in [2.24, 2.45) is 11.8 Å². The van der Waals surface area contributed by atoms with Crippen LogP contribution in [0.1, 0.15) is 39.2 Å². The molecule has 2 nitrogen and oxygen atoms in total. The van der Waals surface area contributed by atoms with Gasteiger partial charge in [0.25, 0.3) is 0 Å². The van der Waals surface area contributed by atoms with Gasteiger partial charge in [-0.1, -0.05) is 50.6 Å². The van der Waals surface area contributed by atoms with Crippen molar-refractivity contribution in [1.29, 1.82) is 0 Å². The highest BCUT2D eigenvalue weighted by Crippen LogP contribution is 2.33. The number of hydrogen-bond donors (Lipinski definition) is 1. The molecule has 1 N–H and O–H groups in total. The van der Waals surface area contributed by atoms with Crippen LogP contribution in [0.25, 0.3) is 0 Å². The van der Waals surface area contributed by atoms with Gasteiger partial charge >= 0.3 is 0 Å². The highest BCUT2D eigenvalue weighted by atomic mass is 35.5. The van der Waals surface area contributed by atoms with Crippen LogP contribution in [0.5, 0.6) is 0 Å². The minimum Gasteiger partial charge on any atom is -0.313 e. The Bertz CT molecular complexity index is 493. The largest absolute Gasteiger partial charge is 0.313 e. The summed E-state index contributed by atoms with van der Waals surface area (Å²) < 4.78 is 12.9. The molecule has 0 aromatic heterocycles. The zero-order chi connectivity index (χ0) is 15.4. The van der Waals surface area contributed by atoms with Crippen LogP contribution < -0.4 is 5.32 Å². The van der Waals surface area contributed by atoms with Gasteiger partial charge < -0.3 is 5.32 Å². The second-order valence-corrected chi connectivity index (χ2v) is 8.30. The molecule has 1 aromatic rings. The number of rotatable bonds is 5. The number of benzene rings is 1. The molecule has 0 saturated heterocycles. The van der Waals surface area contributed by atoms with Crippen molar-refractivity contribution >= 4 is 22.4 Å². The second-order valence-electron chi connectivity index (χ2n) is 6.30. The monoisotopic (exact) mass is 327 g/mol. The molecule has 1 aromatic carbocycles. The van der Waals surface area contributed by atoms with Crippen LogP contribution in [-0.2, 0) is 16.6 Å². The van der Waals surface area contributed by atoms with E-state index in [-0.39, 0.29) is 5.25 Å². The lowest BCUT2D eigenvalue weighted by molar-refractivity contribution is 0.248. The van der Waals surface area contributed by atoms with E-state index in [0.717, 1.165) is 23.6 Å². The number of hydrogen-bond acceptors (Lipinski definition) is 2. The maximum Gasteiger partial charge on any atom is 0.0530 e. The summed E-state index contributed by atoms with van der Waals surface area (Å²) in [5.41, 5.74) is 0.999. The van der Waals surface area contributed by atoms with Crippen LogP contribution in [0, 0.1) is 11.8 Å². The van der Waals surface area contributed by atoms with Crippen molar-refractivity contribution < 1.29 is 4.21 Å². The molecule has 0 amide bonds. The summed E-state index contributed by atoms with van der Waals surface area (Å²) in [6.07, 6.45) is 2.29. The van der Waals surface area contributed by atoms with Gasteiger partial charge in [0, 0.05) is 21.9 Å². The molecule has 0 spiro atoms. The van der Waals surface area contributed by atoms with Crippen molar-refractivity contribution in [2.75, 3.05) is 6.54 Å². The van der Waals surface area contributed by atoms with E-state index >= 15 is 0 Å². The van der Waals surface area contributed by atoms with Crippen LogP contribution in [-0.4, -0.2) is 22.0 Å². The first-order valence-electron chi connectivity index (χ1n) is 7.86. The molecular weight excluding hydrogens is 302 g/mol. The van der Waals surface area contributed by atoms with Gasteiger partial charge in [-0.05, 0) is 42.9 Å². The maximum atomic E-state index is 12.9. The van der Waals surface area contributed by atoms with Gasteiger partial charge in [0.2, 0.25) is 0 Å². The molecule has 1 aliphatic rings. The van der Waals surface area contributed by atoms with Crippen molar-refractivity contribution in [3.63, 3.8) is 0 Å². The zero-order valence-corrected chi connectivity index (χ0v) is 14.7. The fourth-order valence-corrected chi connectivity index (χ4v) is 5.83. The smallest absolute Gasteiger partial charge is 0.0530 e. The zero-order valence-electron chi connectivity index (χ0n) is 13.1. The molecule has 5 atom stereocenters. The van der Waals surface area contributed by atoms with E-state index in [1.807, 2.05) is 24.3 Å². The Morgan fingerprint density at radius 1 is 1.29 bits per heavy atom. The van der Waals surface area contributed by atoms with Gasteiger partial charge in [-0.3, -0.25) is 4.21 Å². The first kappa shape index (κ1) is 17.0. The molecule has 21 heavy (non-hydrogen) atoms. The van der Waals surface area contributed by atoms with Crippen LogP contribution in [0.15, 0.2) is 24.3 Å². The lowest BCUT2D eigenvalue weighted by atomic mass is 9.80. The minimum absolute atomic E-state index is 0.220. The highest BCUT2D eigenvalue weighted by Gasteiger charge is 2.37. The molecule has 2 rings (SSSR count).